The van der Waals surface area contributed by atoms with Gasteiger partial charge in [-0.2, -0.15) is 0 Å². The van der Waals surface area contributed by atoms with E-state index in [0.29, 0.717) is 18.1 Å². The van der Waals surface area contributed by atoms with E-state index in [1.807, 2.05) is 0 Å². The molecular formula is C7H12O2. The van der Waals surface area contributed by atoms with Crippen LogP contribution in [0.15, 0.2) is 0 Å². The number of hydrogen-bond acceptors (Lipinski definition) is 2. The van der Waals surface area contributed by atoms with Gasteiger partial charge in [0, 0.05) is 18.6 Å². The van der Waals surface area contributed by atoms with Crippen molar-refractivity contribution in [3.8, 4) is 0 Å². The third kappa shape index (κ3) is 0.700. The van der Waals surface area contributed by atoms with Crippen LogP contribution in [-0.2, 0) is 4.74 Å². The van der Waals surface area contributed by atoms with Gasteiger partial charge in [-0.3, -0.25) is 0 Å². The molecular weight excluding hydrogens is 116 g/mol. The van der Waals surface area contributed by atoms with Crippen molar-refractivity contribution in [3.63, 3.8) is 0 Å². The Morgan fingerprint density at radius 3 is 2.67 bits per heavy atom. The van der Waals surface area contributed by atoms with E-state index in [1.54, 1.807) is 0 Å². The Balaban J connectivity index is 2.02. The maximum Gasteiger partial charge on any atom is 0.0587 e. The zero-order valence-electron chi connectivity index (χ0n) is 5.47. The lowest BCUT2D eigenvalue weighted by atomic mass is 9.64. The van der Waals surface area contributed by atoms with Crippen LogP contribution in [-0.4, -0.2) is 24.4 Å². The van der Waals surface area contributed by atoms with Crippen molar-refractivity contribution in [1.82, 2.24) is 0 Å². The predicted molar refractivity (Wildman–Crippen MR) is 33.1 cm³/mol. The SMILES string of the molecule is OCC12CCOC(C1)C2. The summed E-state index contributed by atoms with van der Waals surface area (Å²) in [5, 5.41) is 8.93. The molecule has 3 rings (SSSR count). The monoisotopic (exact) mass is 128 g/mol. The Hall–Kier alpha value is -0.0800. The summed E-state index contributed by atoms with van der Waals surface area (Å²) in [4.78, 5) is 0. The summed E-state index contributed by atoms with van der Waals surface area (Å²) in [6.45, 7) is 1.23. The van der Waals surface area contributed by atoms with Crippen molar-refractivity contribution in [1.29, 1.82) is 0 Å². The van der Waals surface area contributed by atoms with Crippen molar-refractivity contribution >= 4 is 0 Å². The Kier molecular flexibility index (Phi) is 1.08. The first kappa shape index (κ1) is 5.69. The lowest BCUT2D eigenvalue weighted by Crippen LogP contribution is -2.50. The van der Waals surface area contributed by atoms with Crippen LogP contribution >= 0.6 is 0 Å². The number of hydrogen-bond donors (Lipinski definition) is 1. The van der Waals surface area contributed by atoms with Gasteiger partial charge in [0.15, 0.2) is 0 Å². The van der Waals surface area contributed by atoms with Gasteiger partial charge >= 0.3 is 0 Å². The van der Waals surface area contributed by atoms with Gasteiger partial charge in [0.05, 0.1) is 6.10 Å². The van der Waals surface area contributed by atoms with E-state index in [4.69, 9.17) is 9.84 Å². The zero-order valence-corrected chi connectivity index (χ0v) is 5.47. The van der Waals surface area contributed by atoms with Crippen molar-refractivity contribution in [2.24, 2.45) is 5.41 Å². The fourth-order valence-corrected chi connectivity index (χ4v) is 1.88. The Morgan fingerprint density at radius 2 is 2.33 bits per heavy atom. The van der Waals surface area contributed by atoms with Gasteiger partial charge in [0.2, 0.25) is 0 Å². The predicted octanol–water partition coefficient (Wildman–Crippen LogP) is 0.548. The molecule has 0 spiro atoms. The fraction of sp³-hybridized carbons (Fsp3) is 1.00. The number of aliphatic hydroxyl groups excluding tert-OH is 1. The van der Waals surface area contributed by atoms with Crippen LogP contribution in [0.25, 0.3) is 0 Å². The Morgan fingerprint density at radius 1 is 1.56 bits per heavy atom. The van der Waals surface area contributed by atoms with E-state index in [9.17, 15) is 0 Å². The average molecular weight is 128 g/mol. The smallest absolute Gasteiger partial charge is 0.0587 e. The molecule has 0 aromatic heterocycles. The lowest BCUT2D eigenvalue weighted by Gasteiger charge is -2.50. The molecule has 0 aromatic carbocycles. The average Bonchev–Trinajstić information content (AvgIpc) is 1.88. The molecule has 52 valence electrons. The summed E-state index contributed by atoms with van der Waals surface area (Å²) < 4.78 is 5.36. The van der Waals surface area contributed by atoms with E-state index in [1.165, 1.54) is 0 Å². The standard InChI is InChI=1S/C7H12O2/c8-5-7-1-2-9-6(3-7)4-7/h6,8H,1-5H2. The highest BCUT2D eigenvalue weighted by molar-refractivity contribution is 4.97. The molecule has 3 aliphatic rings. The fourth-order valence-electron chi connectivity index (χ4n) is 1.88. The van der Waals surface area contributed by atoms with Crippen molar-refractivity contribution in [2.75, 3.05) is 13.2 Å². The van der Waals surface area contributed by atoms with Gasteiger partial charge in [0.1, 0.15) is 0 Å². The largest absolute Gasteiger partial charge is 0.396 e. The van der Waals surface area contributed by atoms with Gasteiger partial charge in [-0.05, 0) is 19.3 Å². The van der Waals surface area contributed by atoms with Crippen LogP contribution in [0.2, 0.25) is 0 Å². The Labute approximate surface area is 54.8 Å². The second-order valence-electron chi connectivity index (χ2n) is 3.31. The van der Waals surface area contributed by atoms with E-state index in [2.05, 4.69) is 0 Å². The molecule has 2 nitrogen and oxygen atoms in total. The number of aliphatic hydroxyl groups is 1. The molecule has 0 aromatic rings. The lowest BCUT2D eigenvalue weighted by molar-refractivity contribution is -0.163. The molecule has 1 saturated carbocycles. The Bertz CT molecular complexity index is 111. The molecule has 1 aliphatic carbocycles. The first-order valence-corrected chi connectivity index (χ1v) is 3.57. The second kappa shape index (κ2) is 1.70. The highest BCUT2D eigenvalue weighted by atomic mass is 16.5. The maximum atomic E-state index is 8.93. The van der Waals surface area contributed by atoms with Crippen molar-refractivity contribution in [3.05, 3.63) is 0 Å². The molecule has 2 heteroatoms. The summed E-state index contributed by atoms with van der Waals surface area (Å²) in [7, 11) is 0. The van der Waals surface area contributed by atoms with Crippen LogP contribution < -0.4 is 0 Å². The van der Waals surface area contributed by atoms with Crippen molar-refractivity contribution < 1.29 is 9.84 Å². The van der Waals surface area contributed by atoms with Gasteiger partial charge in [-0.25, -0.2) is 0 Å². The first-order valence-electron chi connectivity index (χ1n) is 3.57. The highest BCUT2D eigenvalue weighted by Crippen LogP contribution is 2.48. The van der Waals surface area contributed by atoms with E-state index in [-0.39, 0.29) is 0 Å². The van der Waals surface area contributed by atoms with Gasteiger partial charge < -0.3 is 9.84 Å². The van der Waals surface area contributed by atoms with Crippen LogP contribution in [0, 0.1) is 5.41 Å². The molecule has 0 atom stereocenters. The van der Waals surface area contributed by atoms with Gasteiger partial charge in [0.25, 0.3) is 0 Å². The number of fused-ring (bicyclic) bond motifs is 2. The van der Waals surface area contributed by atoms with Gasteiger partial charge in [-0.1, -0.05) is 0 Å². The molecule has 2 aliphatic heterocycles. The topological polar surface area (TPSA) is 29.5 Å². The third-order valence-electron chi connectivity index (χ3n) is 2.64. The van der Waals surface area contributed by atoms with Crippen LogP contribution in [0.1, 0.15) is 19.3 Å². The van der Waals surface area contributed by atoms with E-state index >= 15 is 0 Å². The molecule has 2 heterocycles. The highest BCUT2D eigenvalue weighted by Gasteiger charge is 2.47. The van der Waals surface area contributed by atoms with E-state index < -0.39 is 0 Å². The number of rotatable bonds is 1. The quantitative estimate of drug-likeness (QED) is 0.558. The molecule has 0 unspecified atom stereocenters. The first-order chi connectivity index (χ1) is 4.35. The molecule has 1 N–H and O–H groups in total. The molecule has 0 radical (unpaired) electrons. The van der Waals surface area contributed by atoms with Crippen molar-refractivity contribution in [2.45, 2.75) is 25.4 Å². The molecule has 0 amide bonds. The zero-order chi connectivity index (χ0) is 6.32. The van der Waals surface area contributed by atoms with Gasteiger partial charge in [-0.15, -0.1) is 0 Å². The third-order valence-corrected chi connectivity index (χ3v) is 2.64. The van der Waals surface area contributed by atoms with Crippen LogP contribution in [0.4, 0.5) is 0 Å². The molecule has 3 fully saturated rings. The minimum absolute atomic E-state index is 0.295. The van der Waals surface area contributed by atoms with Crippen LogP contribution in [0.5, 0.6) is 0 Å². The maximum absolute atomic E-state index is 8.93. The molecule has 9 heavy (non-hydrogen) atoms. The molecule has 2 bridgehead atoms. The summed E-state index contributed by atoms with van der Waals surface area (Å²) in [5.41, 5.74) is 0.295. The molecule has 2 saturated heterocycles. The van der Waals surface area contributed by atoms with Crippen LogP contribution in [0.3, 0.4) is 0 Å². The minimum Gasteiger partial charge on any atom is -0.396 e. The minimum atomic E-state index is 0.295. The summed E-state index contributed by atoms with van der Waals surface area (Å²) in [6, 6.07) is 0. The second-order valence-corrected chi connectivity index (χ2v) is 3.31. The normalized spacial score (nSPS) is 48.3. The summed E-state index contributed by atoms with van der Waals surface area (Å²) >= 11 is 0. The summed E-state index contributed by atoms with van der Waals surface area (Å²) in [6.07, 6.45) is 3.76. The summed E-state index contributed by atoms with van der Waals surface area (Å²) in [5.74, 6) is 0. The van der Waals surface area contributed by atoms with E-state index in [0.717, 1.165) is 25.9 Å². The number of ether oxygens (including phenoxy) is 1.